The first-order valence-corrected chi connectivity index (χ1v) is 9.10. The molecule has 2 aromatic carbocycles. The van der Waals surface area contributed by atoms with Crippen LogP contribution in [0.4, 0.5) is 5.69 Å². The minimum atomic E-state index is -0.148. The van der Waals surface area contributed by atoms with Gasteiger partial charge in [0.1, 0.15) is 6.04 Å². The van der Waals surface area contributed by atoms with Crippen LogP contribution in [0.2, 0.25) is 0 Å². The van der Waals surface area contributed by atoms with Crippen molar-refractivity contribution in [1.82, 2.24) is 10.2 Å². The van der Waals surface area contributed by atoms with Gasteiger partial charge in [0.05, 0.1) is 0 Å². The molecule has 146 valence electrons. The van der Waals surface area contributed by atoms with E-state index in [1.54, 1.807) is 0 Å². The van der Waals surface area contributed by atoms with Crippen LogP contribution in [0.15, 0.2) is 48.5 Å². The van der Waals surface area contributed by atoms with Crippen LogP contribution in [-0.4, -0.2) is 44.0 Å². The zero-order chi connectivity index (χ0) is 17.4. The van der Waals surface area contributed by atoms with Gasteiger partial charge in [-0.05, 0) is 35.7 Å². The lowest BCUT2D eigenvalue weighted by Crippen LogP contribution is -2.53. The molecule has 0 aromatic heterocycles. The topological polar surface area (TPSA) is 35.6 Å². The summed E-state index contributed by atoms with van der Waals surface area (Å²) >= 11 is 0. The SMILES string of the molecule is CCN(C)c1ccc2c(c1)C(c1ccccc1)CN1CCNC(=O)C21.Cl.Cl. The third-order valence-corrected chi connectivity index (χ3v) is 5.59. The van der Waals surface area contributed by atoms with Crippen molar-refractivity contribution in [3.63, 3.8) is 0 Å². The summed E-state index contributed by atoms with van der Waals surface area (Å²) in [6.45, 7) is 5.67. The third kappa shape index (κ3) is 3.93. The Hall–Kier alpha value is -1.75. The smallest absolute Gasteiger partial charge is 0.242 e. The molecular formula is C21H27Cl2N3O. The van der Waals surface area contributed by atoms with Crippen molar-refractivity contribution in [2.45, 2.75) is 18.9 Å². The minimum absolute atomic E-state index is 0. The summed E-state index contributed by atoms with van der Waals surface area (Å²) in [5, 5.41) is 3.03. The number of halogens is 2. The minimum Gasteiger partial charge on any atom is -0.375 e. The normalized spacial score (nSPS) is 21.0. The number of anilines is 1. The number of rotatable bonds is 3. The second-order valence-corrected chi connectivity index (χ2v) is 6.98. The molecular weight excluding hydrogens is 381 g/mol. The van der Waals surface area contributed by atoms with Crippen molar-refractivity contribution >= 4 is 36.4 Å². The molecule has 1 amide bonds. The number of hydrogen-bond donors (Lipinski definition) is 1. The monoisotopic (exact) mass is 407 g/mol. The highest BCUT2D eigenvalue weighted by molar-refractivity contribution is 5.86. The van der Waals surface area contributed by atoms with Gasteiger partial charge >= 0.3 is 0 Å². The maximum atomic E-state index is 12.5. The fraction of sp³-hybridized carbons (Fsp3) is 0.381. The molecule has 6 heteroatoms. The fourth-order valence-corrected chi connectivity index (χ4v) is 4.09. The molecule has 0 bridgehead atoms. The zero-order valence-corrected chi connectivity index (χ0v) is 17.4. The Morgan fingerprint density at radius 3 is 2.56 bits per heavy atom. The number of nitrogens with one attached hydrogen (secondary N) is 1. The molecule has 0 spiro atoms. The van der Waals surface area contributed by atoms with Crippen LogP contribution in [0.25, 0.3) is 0 Å². The largest absolute Gasteiger partial charge is 0.375 e. The van der Waals surface area contributed by atoms with Crippen LogP contribution < -0.4 is 10.2 Å². The summed E-state index contributed by atoms with van der Waals surface area (Å²) < 4.78 is 0. The number of carbonyl (C=O) groups excluding carboxylic acids is 1. The summed E-state index contributed by atoms with van der Waals surface area (Å²) in [6.07, 6.45) is 0. The van der Waals surface area contributed by atoms with Crippen molar-refractivity contribution in [2.24, 2.45) is 0 Å². The van der Waals surface area contributed by atoms with Crippen molar-refractivity contribution in [2.75, 3.05) is 38.1 Å². The van der Waals surface area contributed by atoms with E-state index < -0.39 is 0 Å². The van der Waals surface area contributed by atoms with E-state index in [4.69, 9.17) is 0 Å². The molecule has 27 heavy (non-hydrogen) atoms. The molecule has 1 fully saturated rings. The maximum absolute atomic E-state index is 12.5. The van der Waals surface area contributed by atoms with Crippen LogP contribution in [0.1, 0.15) is 35.6 Å². The molecule has 0 radical (unpaired) electrons. The Morgan fingerprint density at radius 1 is 1.11 bits per heavy atom. The van der Waals surface area contributed by atoms with E-state index in [0.717, 1.165) is 31.7 Å². The number of hydrogen-bond acceptors (Lipinski definition) is 3. The van der Waals surface area contributed by atoms with Gasteiger partial charge in [-0.1, -0.05) is 36.4 Å². The van der Waals surface area contributed by atoms with Gasteiger partial charge < -0.3 is 10.2 Å². The predicted octanol–water partition coefficient (Wildman–Crippen LogP) is 3.60. The van der Waals surface area contributed by atoms with Crippen LogP contribution in [0, 0.1) is 0 Å². The lowest BCUT2D eigenvalue weighted by molar-refractivity contribution is -0.129. The molecule has 2 aromatic rings. The summed E-state index contributed by atoms with van der Waals surface area (Å²) in [7, 11) is 2.11. The lowest BCUT2D eigenvalue weighted by Gasteiger charge is -2.43. The van der Waals surface area contributed by atoms with Gasteiger partial charge in [-0.3, -0.25) is 9.69 Å². The molecule has 2 unspecified atom stereocenters. The number of piperazine rings is 1. The third-order valence-electron chi connectivity index (χ3n) is 5.59. The molecule has 2 atom stereocenters. The maximum Gasteiger partial charge on any atom is 0.242 e. The molecule has 0 aliphatic carbocycles. The van der Waals surface area contributed by atoms with Crippen LogP contribution in [0.3, 0.4) is 0 Å². The average Bonchev–Trinajstić information content (AvgIpc) is 2.67. The molecule has 2 aliphatic rings. The molecule has 4 rings (SSSR count). The summed E-state index contributed by atoms with van der Waals surface area (Å²) in [5.41, 5.74) is 4.99. The van der Waals surface area contributed by atoms with Crippen molar-refractivity contribution in [3.05, 3.63) is 65.2 Å². The van der Waals surface area contributed by atoms with E-state index in [1.165, 1.54) is 16.8 Å². The highest BCUT2D eigenvalue weighted by Crippen LogP contribution is 2.41. The Morgan fingerprint density at radius 2 is 1.85 bits per heavy atom. The predicted molar refractivity (Wildman–Crippen MR) is 115 cm³/mol. The van der Waals surface area contributed by atoms with Crippen LogP contribution in [0.5, 0.6) is 0 Å². The molecule has 2 aliphatic heterocycles. The van der Waals surface area contributed by atoms with Crippen molar-refractivity contribution < 1.29 is 4.79 Å². The number of carbonyl (C=O) groups is 1. The Kier molecular flexibility index (Phi) is 7.15. The average molecular weight is 408 g/mol. The number of fused-ring (bicyclic) bond motifs is 3. The van der Waals surface area contributed by atoms with E-state index in [1.807, 2.05) is 0 Å². The van der Waals surface area contributed by atoms with Crippen molar-refractivity contribution in [1.29, 1.82) is 0 Å². The molecule has 1 saturated heterocycles. The molecule has 0 saturated carbocycles. The number of nitrogens with zero attached hydrogens (tertiary/aromatic N) is 2. The van der Waals surface area contributed by atoms with Gasteiger partial charge in [-0.2, -0.15) is 0 Å². The first-order valence-electron chi connectivity index (χ1n) is 9.10. The van der Waals surface area contributed by atoms with E-state index in [0.29, 0.717) is 5.92 Å². The van der Waals surface area contributed by atoms with Crippen LogP contribution >= 0.6 is 24.8 Å². The molecule has 4 nitrogen and oxygen atoms in total. The van der Waals surface area contributed by atoms with Gasteiger partial charge in [0.2, 0.25) is 5.91 Å². The highest BCUT2D eigenvalue weighted by atomic mass is 35.5. The van der Waals surface area contributed by atoms with Crippen LogP contribution in [-0.2, 0) is 4.79 Å². The first kappa shape index (κ1) is 21.5. The standard InChI is InChI=1S/C21H25N3O.2ClH/c1-3-23(2)16-9-10-17-18(13-16)19(15-7-5-4-6-8-15)14-24-12-11-22-21(25)20(17)24;;/h4-10,13,19-20H,3,11-12,14H2,1-2H3,(H,22,25);2*1H. The summed E-state index contributed by atoms with van der Waals surface area (Å²) in [5.74, 6) is 0.444. The fourth-order valence-electron chi connectivity index (χ4n) is 4.09. The van der Waals surface area contributed by atoms with E-state index >= 15 is 0 Å². The van der Waals surface area contributed by atoms with Gasteiger partial charge in [0, 0.05) is 44.8 Å². The second kappa shape index (κ2) is 8.96. The Balaban J connectivity index is 0.00000131. The summed E-state index contributed by atoms with van der Waals surface area (Å²) in [4.78, 5) is 17.1. The highest BCUT2D eigenvalue weighted by Gasteiger charge is 2.39. The first-order chi connectivity index (χ1) is 12.2. The molecule has 2 heterocycles. The zero-order valence-electron chi connectivity index (χ0n) is 15.7. The summed E-state index contributed by atoms with van der Waals surface area (Å²) in [6, 6.07) is 17.1. The van der Waals surface area contributed by atoms with Gasteiger partial charge in [0.15, 0.2) is 0 Å². The van der Waals surface area contributed by atoms with E-state index in [-0.39, 0.29) is 36.8 Å². The van der Waals surface area contributed by atoms with Gasteiger partial charge in [0.25, 0.3) is 0 Å². The second-order valence-electron chi connectivity index (χ2n) is 6.98. The van der Waals surface area contributed by atoms with Gasteiger partial charge in [-0.25, -0.2) is 0 Å². The Labute approximate surface area is 173 Å². The van der Waals surface area contributed by atoms with Crippen molar-refractivity contribution in [3.8, 4) is 0 Å². The van der Waals surface area contributed by atoms with Gasteiger partial charge in [-0.15, -0.1) is 24.8 Å². The molecule has 1 N–H and O–H groups in total. The number of amides is 1. The Bertz CT molecular complexity index is 784. The lowest BCUT2D eigenvalue weighted by atomic mass is 9.80. The number of benzene rings is 2. The quantitative estimate of drug-likeness (QED) is 0.843. The van der Waals surface area contributed by atoms with E-state index in [2.05, 4.69) is 77.6 Å². The van der Waals surface area contributed by atoms with E-state index in [9.17, 15) is 4.79 Å².